The highest BCUT2D eigenvalue weighted by atomic mass is 35.5. The van der Waals surface area contributed by atoms with Gasteiger partial charge in [0.25, 0.3) is 0 Å². The molecule has 0 radical (unpaired) electrons. The van der Waals surface area contributed by atoms with Gasteiger partial charge in [0.15, 0.2) is 11.4 Å². The van der Waals surface area contributed by atoms with E-state index >= 15 is 0 Å². The molecule has 4 rings (SSSR count). The molecule has 0 aliphatic heterocycles. The summed E-state index contributed by atoms with van der Waals surface area (Å²) >= 11 is 18.3. The lowest BCUT2D eigenvalue weighted by Crippen LogP contribution is -2.15. The molecule has 0 spiro atoms. The van der Waals surface area contributed by atoms with E-state index in [9.17, 15) is 4.79 Å². The highest BCUT2D eigenvalue weighted by Gasteiger charge is 2.25. The Hall–Kier alpha value is -2.66. The van der Waals surface area contributed by atoms with Crippen LogP contribution in [0.15, 0.2) is 66.7 Å². The molecule has 0 aliphatic carbocycles. The quantitative estimate of drug-likeness (QED) is 0.235. The third-order valence-corrected chi connectivity index (χ3v) is 6.26. The summed E-state index contributed by atoms with van der Waals surface area (Å²) in [4.78, 5) is 13.1. The fourth-order valence-electron chi connectivity index (χ4n) is 3.73. The van der Waals surface area contributed by atoms with E-state index in [0.29, 0.717) is 46.1 Å². The van der Waals surface area contributed by atoms with Crippen LogP contribution < -0.4 is 4.74 Å². The molecule has 0 fully saturated rings. The minimum atomic E-state index is -0.435. The van der Waals surface area contributed by atoms with Crippen LogP contribution in [0.25, 0.3) is 10.9 Å². The van der Waals surface area contributed by atoms with E-state index in [-0.39, 0.29) is 6.61 Å². The molecule has 33 heavy (non-hydrogen) atoms. The van der Waals surface area contributed by atoms with Crippen molar-refractivity contribution in [2.24, 2.45) is 0 Å². The van der Waals surface area contributed by atoms with Crippen molar-refractivity contribution < 1.29 is 14.3 Å². The maximum atomic E-state index is 13.1. The van der Waals surface area contributed by atoms with Gasteiger partial charge >= 0.3 is 5.97 Å². The van der Waals surface area contributed by atoms with Gasteiger partial charge in [0, 0.05) is 23.4 Å². The Labute approximate surface area is 207 Å². The third-order valence-electron chi connectivity index (χ3n) is 5.27. The summed E-state index contributed by atoms with van der Waals surface area (Å²) in [5, 5.41) is 2.48. The molecule has 4 aromatic rings. The number of benzene rings is 3. The van der Waals surface area contributed by atoms with Gasteiger partial charge in [-0.2, -0.15) is 0 Å². The Morgan fingerprint density at radius 2 is 1.64 bits per heavy atom. The molecule has 0 N–H and O–H groups in total. The largest absolute Gasteiger partial charge is 0.490 e. The second kappa shape index (κ2) is 10.5. The first kappa shape index (κ1) is 23.5. The lowest BCUT2D eigenvalue weighted by atomic mass is 10.2. The number of esters is 1. The van der Waals surface area contributed by atoms with Crippen LogP contribution in [0, 0.1) is 0 Å². The number of carbonyl (C=O) groups excluding carboxylic acids is 1. The zero-order chi connectivity index (χ0) is 23.4. The van der Waals surface area contributed by atoms with E-state index in [4.69, 9.17) is 44.3 Å². The second-order valence-corrected chi connectivity index (χ2v) is 8.73. The molecule has 3 aromatic carbocycles. The number of para-hydroxylation sites is 1. The smallest absolute Gasteiger partial charge is 0.358 e. The molecule has 0 aliphatic rings. The number of aromatic nitrogens is 1. The number of ether oxygens (including phenoxy) is 2. The van der Waals surface area contributed by atoms with Crippen LogP contribution in [0.4, 0.5) is 0 Å². The van der Waals surface area contributed by atoms with Gasteiger partial charge in [-0.1, -0.05) is 65.1 Å². The lowest BCUT2D eigenvalue weighted by molar-refractivity contribution is 0.0510. The van der Waals surface area contributed by atoms with Crippen molar-refractivity contribution in [2.75, 3.05) is 13.2 Å². The number of carbonyl (C=O) groups is 1. The van der Waals surface area contributed by atoms with Crippen LogP contribution in [-0.2, 0) is 17.7 Å². The maximum absolute atomic E-state index is 13.1. The van der Waals surface area contributed by atoms with Crippen LogP contribution in [0.1, 0.15) is 28.5 Å². The van der Waals surface area contributed by atoms with Crippen LogP contribution in [0.3, 0.4) is 0 Å². The topological polar surface area (TPSA) is 40.5 Å². The number of rotatable bonds is 8. The van der Waals surface area contributed by atoms with Crippen LogP contribution in [0.5, 0.6) is 5.75 Å². The highest BCUT2D eigenvalue weighted by Crippen LogP contribution is 2.35. The van der Waals surface area contributed by atoms with Gasteiger partial charge in [0.1, 0.15) is 0 Å². The van der Waals surface area contributed by atoms with E-state index in [1.165, 1.54) is 0 Å². The highest BCUT2D eigenvalue weighted by molar-refractivity contribution is 6.42. The summed E-state index contributed by atoms with van der Waals surface area (Å²) in [5.74, 6) is 0.0772. The van der Waals surface area contributed by atoms with Gasteiger partial charge in [-0.3, -0.25) is 0 Å². The molecule has 0 bridgehead atoms. The number of nitrogens with zero attached hydrogens (tertiary/aromatic N) is 1. The van der Waals surface area contributed by atoms with Gasteiger partial charge in [-0.05, 0) is 54.4 Å². The molecular weight excluding hydrogens is 481 g/mol. The Morgan fingerprint density at radius 1 is 0.909 bits per heavy atom. The van der Waals surface area contributed by atoms with Crippen molar-refractivity contribution in [2.45, 2.75) is 19.9 Å². The van der Waals surface area contributed by atoms with Crippen molar-refractivity contribution in [3.8, 4) is 5.75 Å². The molecule has 0 unspecified atom stereocenters. The fourth-order valence-corrected chi connectivity index (χ4v) is 4.17. The average molecular weight is 503 g/mol. The summed E-state index contributed by atoms with van der Waals surface area (Å²) in [6, 6.07) is 20.8. The summed E-state index contributed by atoms with van der Waals surface area (Å²) in [5.41, 5.74) is 3.24. The molecule has 0 amide bonds. The molecule has 7 heteroatoms. The minimum absolute atomic E-state index is 0.261. The Balaban J connectivity index is 1.72. The Kier molecular flexibility index (Phi) is 7.49. The summed E-state index contributed by atoms with van der Waals surface area (Å²) in [7, 11) is 0. The van der Waals surface area contributed by atoms with Crippen molar-refractivity contribution in [3.05, 3.63) is 98.6 Å². The SMILES string of the molecule is CCOC(=O)c1c(OCCc2ccc(Cl)cc2)c2ccccc2n1Cc1ccc(Cl)c(Cl)c1. The number of hydrogen-bond donors (Lipinski definition) is 0. The Morgan fingerprint density at radius 3 is 2.36 bits per heavy atom. The van der Waals surface area contributed by atoms with Crippen LogP contribution in [-0.4, -0.2) is 23.8 Å². The first-order valence-electron chi connectivity index (χ1n) is 10.6. The van der Waals surface area contributed by atoms with Crippen molar-refractivity contribution in [1.82, 2.24) is 4.57 Å². The summed E-state index contributed by atoms with van der Waals surface area (Å²) in [6.45, 7) is 2.85. The average Bonchev–Trinajstić information content (AvgIpc) is 3.11. The molecule has 1 heterocycles. The Bertz CT molecular complexity index is 1280. The van der Waals surface area contributed by atoms with E-state index in [1.54, 1.807) is 19.1 Å². The molecule has 170 valence electrons. The van der Waals surface area contributed by atoms with Gasteiger partial charge in [0.05, 0.1) is 28.8 Å². The monoisotopic (exact) mass is 501 g/mol. The van der Waals surface area contributed by atoms with E-state index in [0.717, 1.165) is 22.0 Å². The first-order chi connectivity index (χ1) is 16.0. The number of hydrogen-bond acceptors (Lipinski definition) is 3. The van der Waals surface area contributed by atoms with Gasteiger partial charge in [-0.15, -0.1) is 0 Å². The molecule has 0 saturated carbocycles. The van der Waals surface area contributed by atoms with Gasteiger partial charge < -0.3 is 14.0 Å². The summed E-state index contributed by atoms with van der Waals surface area (Å²) < 4.78 is 13.5. The first-order valence-corrected chi connectivity index (χ1v) is 11.7. The fraction of sp³-hybridized carbons (Fsp3) is 0.192. The van der Waals surface area contributed by atoms with Crippen molar-refractivity contribution >= 4 is 51.7 Å². The van der Waals surface area contributed by atoms with Crippen LogP contribution >= 0.6 is 34.8 Å². The molecule has 0 saturated heterocycles. The van der Waals surface area contributed by atoms with Gasteiger partial charge in [-0.25, -0.2) is 4.79 Å². The maximum Gasteiger partial charge on any atom is 0.358 e. The summed E-state index contributed by atoms with van der Waals surface area (Å²) in [6.07, 6.45) is 0.672. The van der Waals surface area contributed by atoms with Gasteiger partial charge in [0.2, 0.25) is 0 Å². The number of halogens is 3. The van der Waals surface area contributed by atoms with E-state index in [1.807, 2.05) is 59.2 Å². The second-order valence-electron chi connectivity index (χ2n) is 7.47. The predicted molar refractivity (Wildman–Crippen MR) is 134 cm³/mol. The zero-order valence-corrected chi connectivity index (χ0v) is 20.3. The number of fused-ring (bicyclic) bond motifs is 1. The van der Waals surface area contributed by atoms with E-state index < -0.39 is 5.97 Å². The molecule has 0 atom stereocenters. The van der Waals surface area contributed by atoms with Crippen molar-refractivity contribution in [1.29, 1.82) is 0 Å². The molecule has 4 nitrogen and oxygen atoms in total. The van der Waals surface area contributed by atoms with Crippen molar-refractivity contribution in [3.63, 3.8) is 0 Å². The van der Waals surface area contributed by atoms with E-state index in [2.05, 4.69) is 0 Å². The third kappa shape index (κ3) is 5.30. The lowest BCUT2D eigenvalue weighted by Gasteiger charge is -2.13. The zero-order valence-electron chi connectivity index (χ0n) is 18.0. The molecule has 1 aromatic heterocycles. The normalized spacial score (nSPS) is 11.0. The van der Waals surface area contributed by atoms with Crippen LogP contribution in [0.2, 0.25) is 15.1 Å². The molecular formula is C26H22Cl3NO3. The standard InChI is InChI=1S/C26H22Cl3NO3/c1-2-32-26(31)24-25(33-14-13-17-7-10-19(27)11-8-17)20-5-3-4-6-23(20)30(24)16-18-9-12-21(28)22(29)15-18/h3-12,15H,2,13-14,16H2,1H3. The predicted octanol–water partition coefficient (Wildman–Crippen LogP) is 7.45. The minimum Gasteiger partial charge on any atom is -0.490 e.